The third-order valence-corrected chi connectivity index (χ3v) is 5.19. The Morgan fingerprint density at radius 3 is 2.03 bits per heavy atom. The molecule has 0 aliphatic rings. The summed E-state index contributed by atoms with van der Waals surface area (Å²) >= 11 is 4.11. The van der Waals surface area contributed by atoms with Crippen molar-refractivity contribution in [2.75, 3.05) is 18.9 Å². The Bertz CT molecular complexity index is 782. The standard InChI is InChI=1S/C21H33N5O6S/c22-9-5-4-8-15(19(29)25-16(11-27)21(31)32)24-20(30)17(12-33)26-18(28)14(23)10-13-6-2-1-3-7-13/h1-3,6-7,14-17,27,33H,4-5,8-12,22-23H2,(H,24,30)(H,25,29)(H,26,28)(H,31,32). The molecule has 184 valence electrons. The van der Waals surface area contributed by atoms with Crippen LogP contribution < -0.4 is 27.4 Å². The number of unbranched alkanes of at least 4 members (excludes halogenated alkanes) is 1. The second kappa shape index (κ2) is 15.2. The topological polar surface area (TPSA) is 197 Å². The first-order valence-corrected chi connectivity index (χ1v) is 11.2. The van der Waals surface area contributed by atoms with Crippen LogP contribution in [0.2, 0.25) is 0 Å². The SMILES string of the molecule is NCCCCC(NC(=O)C(CS)NC(=O)C(N)Cc1ccccc1)C(=O)NC(CO)C(=O)O. The second-order valence-electron chi connectivity index (χ2n) is 7.47. The lowest BCUT2D eigenvalue weighted by Gasteiger charge is -2.24. The van der Waals surface area contributed by atoms with Crippen LogP contribution in [-0.2, 0) is 25.6 Å². The molecule has 0 bridgehead atoms. The zero-order valence-electron chi connectivity index (χ0n) is 18.3. The summed E-state index contributed by atoms with van der Waals surface area (Å²) in [6.07, 6.45) is 1.54. The van der Waals surface area contributed by atoms with Gasteiger partial charge in [-0.15, -0.1) is 0 Å². The molecule has 0 aliphatic carbocycles. The number of nitrogens with one attached hydrogen (secondary N) is 3. The molecule has 0 fully saturated rings. The average Bonchev–Trinajstić information content (AvgIpc) is 2.80. The van der Waals surface area contributed by atoms with E-state index in [2.05, 4.69) is 28.6 Å². The minimum absolute atomic E-state index is 0.0544. The zero-order chi connectivity index (χ0) is 24.8. The predicted octanol–water partition coefficient (Wildman–Crippen LogP) is -1.85. The summed E-state index contributed by atoms with van der Waals surface area (Å²) in [5.41, 5.74) is 12.3. The molecule has 0 spiro atoms. The summed E-state index contributed by atoms with van der Waals surface area (Å²) in [6, 6.07) is 4.59. The highest BCUT2D eigenvalue weighted by Gasteiger charge is 2.29. The molecular formula is C21H33N5O6S. The van der Waals surface area contributed by atoms with Gasteiger partial charge in [0.15, 0.2) is 0 Å². The first-order valence-electron chi connectivity index (χ1n) is 10.6. The maximum Gasteiger partial charge on any atom is 0.328 e. The first-order chi connectivity index (χ1) is 15.7. The lowest BCUT2D eigenvalue weighted by molar-refractivity contribution is -0.143. The molecule has 3 amide bonds. The third kappa shape index (κ3) is 10.2. The van der Waals surface area contributed by atoms with Crippen molar-refractivity contribution < 1.29 is 29.4 Å². The number of hydrogen-bond acceptors (Lipinski definition) is 8. The van der Waals surface area contributed by atoms with Crippen LogP contribution in [0.3, 0.4) is 0 Å². The van der Waals surface area contributed by atoms with Gasteiger partial charge in [0.1, 0.15) is 18.1 Å². The van der Waals surface area contributed by atoms with E-state index < -0.39 is 54.5 Å². The molecule has 0 aromatic heterocycles. The minimum atomic E-state index is -1.51. The number of aliphatic hydroxyl groups is 1. The van der Waals surface area contributed by atoms with E-state index in [9.17, 15) is 19.2 Å². The molecule has 1 aromatic rings. The highest BCUT2D eigenvalue weighted by molar-refractivity contribution is 7.80. The number of nitrogens with two attached hydrogens (primary N) is 2. The fraction of sp³-hybridized carbons (Fsp3) is 0.524. The first kappa shape index (κ1) is 28.4. The van der Waals surface area contributed by atoms with Crippen LogP contribution in [-0.4, -0.2) is 77.0 Å². The number of thiol groups is 1. The van der Waals surface area contributed by atoms with E-state index in [-0.39, 0.29) is 18.6 Å². The Hall–Kier alpha value is -2.67. The second-order valence-corrected chi connectivity index (χ2v) is 7.83. The number of amides is 3. The van der Waals surface area contributed by atoms with Gasteiger partial charge < -0.3 is 37.6 Å². The number of carbonyl (C=O) groups excluding carboxylic acids is 3. The van der Waals surface area contributed by atoms with Gasteiger partial charge in [-0.1, -0.05) is 30.3 Å². The van der Waals surface area contributed by atoms with E-state index in [4.69, 9.17) is 21.7 Å². The Morgan fingerprint density at radius 2 is 1.48 bits per heavy atom. The normalized spacial score (nSPS) is 14.4. The zero-order valence-corrected chi connectivity index (χ0v) is 19.2. The Balaban J connectivity index is 2.79. The summed E-state index contributed by atoms with van der Waals surface area (Å²) in [7, 11) is 0. The van der Waals surface area contributed by atoms with Crippen molar-refractivity contribution in [2.45, 2.75) is 49.9 Å². The van der Waals surface area contributed by atoms with Crippen molar-refractivity contribution in [1.82, 2.24) is 16.0 Å². The van der Waals surface area contributed by atoms with Gasteiger partial charge in [0.2, 0.25) is 17.7 Å². The number of aliphatic hydroxyl groups excluding tert-OH is 1. The summed E-state index contributed by atoms with van der Waals surface area (Å²) in [5, 5.41) is 25.4. The van der Waals surface area contributed by atoms with E-state index >= 15 is 0 Å². The molecule has 1 aromatic carbocycles. The summed E-state index contributed by atoms with van der Waals surface area (Å²) < 4.78 is 0. The van der Waals surface area contributed by atoms with Gasteiger partial charge in [-0.05, 0) is 37.8 Å². The van der Waals surface area contributed by atoms with Gasteiger partial charge in [-0.25, -0.2) is 4.79 Å². The van der Waals surface area contributed by atoms with E-state index in [0.717, 1.165) is 5.56 Å². The molecule has 0 heterocycles. The molecule has 0 radical (unpaired) electrons. The van der Waals surface area contributed by atoms with Crippen molar-refractivity contribution in [3.05, 3.63) is 35.9 Å². The van der Waals surface area contributed by atoms with Crippen molar-refractivity contribution in [1.29, 1.82) is 0 Å². The van der Waals surface area contributed by atoms with Gasteiger partial charge in [-0.2, -0.15) is 12.6 Å². The molecule has 11 nitrogen and oxygen atoms in total. The molecule has 12 heteroatoms. The van der Waals surface area contributed by atoms with Gasteiger partial charge in [0.25, 0.3) is 0 Å². The quantitative estimate of drug-likeness (QED) is 0.105. The van der Waals surface area contributed by atoms with Gasteiger partial charge in [0, 0.05) is 5.75 Å². The van der Waals surface area contributed by atoms with Crippen LogP contribution in [0.4, 0.5) is 0 Å². The molecule has 0 saturated heterocycles. The van der Waals surface area contributed by atoms with Crippen molar-refractivity contribution >= 4 is 36.3 Å². The smallest absolute Gasteiger partial charge is 0.328 e. The maximum atomic E-state index is 12.7. The summed E-state index contributed by atoms with van der Waals surface area (Å²) in [4.78, 5) is 48.8. The van der Waals surface area contributed by atoms with Crippen molar-refractivity contribution in [3.63, 3.8) is 0 Å². The molecule has 4 unspecified atom stereocenters. The molecule has 9 N–H and O–H groups in total. The number of carboxylic acids is 1. The van der Waals surface area contributed by atoms with E-state index in [1.165, 1.54) is 0 Å². The van der Waals surface area contributed by atoms with E-state index in [1.54, 1.807) is 0 Å². The lowest BCUT2D eigenvalue weighted by Crippen LogP contribution is -2.58. The van der Waals surface area contributed by atoms with Crippen LogP contribution >= 0.6 is 12.6 Å². The van der Waals surface area contributed by atoms with Gasteiger partial charge in [-0.3, -0.25) is 14.4 Å². The van der Waals surface area contributed by atoms with Gasteiger partial charge >= 0.3 is 5.97 Å². The average molecular weight is 484 g/mol. The molecule has 0 aliphatic heterocycles. The third-order valence-electron chi connectivity index (χ3n) is 4.83. The van der Waals surface area contributed by atoms with Crippen molar-refractivity contribution in [2.24, 2.45) is 11.5 Å². The highest BCUT2D eigenvalue weighted by atomic mass is 32.1. The lowest BCUT2D eigenvalue weighted by atomic mass is 10.1. The minimum Gasteiger partial charge on any atom is -0.480 e. The Labute approximate surface area is 198 Å². The Kier molecular flexibility index (Phi) is 13.1. The highest BCUT2D eigenvalue weighted by Crippen LogP contribution is 2.05. The largest absolute Gasteiger partial charge is 0.480 e. The van der Waals surface area contributed by atoms with Crippen LogP contribution in [0.5, 0.6) is 0 Å². The summed E-state index contributed by atoms with van der Waals surface area (Å²) in [5.74, 6) is -3.46. The monoisotopic (exact) mass is 483 g/mol. The number of aliphatic carboxylic acids is 1. The Morgan fingerprint density at radius 1 is 0.909 bits per heavy atom. The number of carbonyl (C=O) groups is 4. The number of benzene rings is 1. The summed E-state index contributed by atoms with van der Waals surface area (Å²) in [6.45, 7) is -0.426. The fourth-order valence-corrected chi connectivity index (χ4v) is 3.18. The molecule has 1 rings (SSSR count). The predicted molar refractivity (Wildman–Crippen MR) is 125 cm³/mol. The number of hydrogen-bond donors (Lipinski definition) is 8. The number of carboxylic acid groups (broad SMARTS) is 1. The van der Waals surface area contributed by atoms with Crippen molar-refractivity contribution in [3.8, 4) is 0 Å². The maximum absolute atomic E-state index is 12.7. The molecule has 4 atom stereocenters. The van der Waals surface area contributed by atoms with Crippen LogP contribution in [0, 0.1) is 0 Å². The molecule has 33 heavy (non-hydrogen) atoms. The molecule has 0 saturated carbocycles. The van der Waals surface area contributed by atoms with E-state index in [0.29, 0.717) is 19.4 Å². The van der Waals surface area contributed by atoms with Crippen LogP contribution in [0.25, 0.3) is 0 Å². The van der Waals surface area contributed by atoms with E-state index in [1.807, 2.05) is 30.3 Å². The number of rotatable bonds is 15. The van der Waals surface area contributed by atoms with Crippen LogP contribution in [0.15, 0.2) is 30.3 Å². The fourth-order valence-electron chi connectivity index (χ4n) is 2.93. The van der Waals surface area contributed by atoms with Gasteiger partial charge in [0.05, 0.1) is 12.6 Å². The molecular weight excluding hydrogens is 450 g/mol. The van der Waals surface area contributed by atoms with Crippen LogP contribution in [0.1, 0.15) is 24.8 Å².